The summed E-state index contributed by atoms with van der Waals surface area (Å²) in [6.45, 7) is 1.73. The van der Waals surface area contributed by atoms with Gasteiger partial charge in [-0.25, -0.2) is 8.78 Å². The van der Waals surface area contributed by atoms with E-state index in [1.807, 2.05) is 0 Å². The minimum atomic E-state index is -6.06. The second-order valence-corrected chi connectivity index (χ2v) is 4.01. The molecule has 0 amide bonds. The highest BCUT2D eigenvalue weighted by atomic mass is 19.4. The van der Waals surface area contributed by atoms with Gasteiger partial charge in [0, 0.05) is 6.42 Å². The molecule has 0 aliphatic heterocycles. The zero-order chi connectivity index (χ0) is 14.6. The van der Waals surface area contributed by atoms with Crippen LogP contribution in [-0.2, 0) is 0 Å². The Morgan fingerprint density at radius 3 is 1.72 bits per heavy atom. The summed E-state index contributed by atoms with van der Waals surface area (Å²) in [4.78, 5) is 0. The number of halogens is 8. The Hall–Kier alpha value is -0.560. The van der Waals surface area contributed by atoms with Gasteiger partial charge in [-0.15, -0.1) is 0 Å². The van der Waals surface area contributed by atoms with Crippen molar-refractivity contribution in [3.05, 3.63) is 0 Å². The lowest BCUT2D eigenvalue weighted by molar-refractivity contribution is -0.339. The smallest absolute Gasteiger partial charge is 0.203 e. The van der Waals surface area contributed by atoms with E-state index in [1.165, 1.54) is 0 Å². The van der Waals surface area contributed by atoms with Crippen molar-refractivity contribution in [3.8, 4) is 0 Å². The summed E-state index contributed by atoms with van der Waals surface area (Å²) >= 11 is 0. The van der Waals surface area contributed by atoms with Crippen molar-refractivity contribution in [1.29, 1.82) is 0 Å². The lowest BCUT2D eigenvalue weighted by atomic mass is 9.98. The van der Waals surface area contributed by atoms with Crippen molar-refractivity contribution in [1.82, 2.24) is 0 Å². The summed E-state index contributed by atoms with van der Waals surface area (Å²) in [5.41, 5.74) is 0. The first-order valence-electron chi connectivity index (χ1n) is 5.42. The first-order valence-corrected chi connectivity index (χ1v) is 5.42. The highest BCUT2D eigenvalue weighted by molar-refractivity contribution is 4.97. The quantitative estimate of drug-likeness (QED) is 0.429. The Bertz CT molecular complexity index is 248. The fourth-order valence-corrected chi connectivity index (χ4v) is 1.31. The average molecular weight is 286 g/mol. The standard InChI is InChI=1S/C10H14F8/c1-2-3-4-5-6-8(13,14)10(17,18)9(15,16)7(11)12/h7H,2-6H2,1H3. The molecule has 0 aliphatic carbocycles. The van der Waals surface area contributed by atoms with Crippen LogP contribution in [0.25, 0.3) is 0 Å². The highest BCUT2D eigenvalue weighted by Crippen LogP contribution is 2.50. The Balaban J connectivity index is 4.74. The molecule has 0 aliphatic rings. The molecule has 0 atom stereocenters. The van der Waals surface area contributed by atoms with Gasteiger partial charge in [-0.05, 0) is 6.42 Å². The van der Waals surface area contributed by atoms with Gasteiger partial charge in [-0.1, -0.05) is 26.2 Å². The van der Waals surface area contributed by atoms with Crippen LogP contribution in [0.1, 0.15) is 39.0 Å². The van der Waals surface area contributed by atoms with E-state index in [1.54, 1.807) is 6.92 Å². The first kappa shape index (κ1) is 17.4. The van der Waals surface area contributed by atoms with E-state index >= 15 is 0 Å². The maximum atomic E-state index is 12.9. The summed E-state index contributed by atoms with van der Waals surface area (Å²) in [6, 6.07) is 0. The van der Waals surface area contributed by atoms with Crippen LogP contribution in [0.4, 0.5) is 35.1 Å². The number of unbranched alkanes of at least 4 members (excludes halogenated alkanes) is 3. The fourth-order valence-electron chi connectivity index (χ4n) is 1.31. The molecule has 0 N–H and O–H groups in total. The second kappa shape index (κ2) is 6.06. The summed E-state index contributed by atoms with van der Waals surface area (Å²) in [5.74, 6) is -17.2. The summed E-state index contributed by atoms with van der Waals surface area (Å²) < 4.78 is 99.6. The van der Waals surface area contributed by atoms with Gasteiger partial charge in [0.25, 0.3) is 0 Å². The second-order valence-electron chi connectivity index (χ2n) is 4.01. The summed E-state index contributed by atoms with van der Waals surface area (Å²) in [7, 11) is 0. The van der Waals surface area contributed by atoms with E-state index in [9.17, 15) is 35.1 Å². The zero-order valence-electron chi connectivity index (χ0n) is 9.64. The van der Waals surface area contributed by atoms with Gasteiger partial charge in [0.15, 0.2) is 0 Å². The molecule has 0 aromatic carbocycles. The molecule has 0 aromatic rings. The van der Waals surface area contributed by atoms with Crippen molar-refractivity contribution < 1.29 is 35.1 Å². The fraction of sp³-hybridized carbons (Fsp3) is 1.00. The van der Waals surface area contributed by atoms with Crippen LogP contribution >= 0.6 is 0 Å². The van der Waals surface area contributed by atoms with Crippen molar-refractivity contribution in [3.63, 3.8) is 0 Å². The molecule has 0 rings (SSSR count). The molecule has 0 fully saturated rings. The molecule has 0 heterocycles. The SMILES string of the molecule is CCCCCCC(F)(F)C(F)(F)C(F)(F)C(F)F. The van der Waals surface area contributed by atoms with Crippen LogP contribution in [0.15, 0.2) is 0 Å². The van der Waals surface area contributed by atoms with E-state index in [0.717, 1.165) is 0 Å². The van der Waals surface area contributed by atoms with Gasteiger partial charge in [-0.3, -0.25) is 0 Å². The lowest BCUT2D eigenvalue weighted by Crippen LogP contribution is -2.57. The van der Waals surface area contributed by atoms with Gasteiger partial charge in [0.2, 0.25) is 0 Å². The van der Waals surface area contributed by atoms with Gasteiger partial charge in [-0.2, -0.15) is 26.3 Å². The zero-order valence-corrected chi connectivity index (χ0v) is 9.64. The van der Waals surface area contributed by atoms with E-state index in [0.29, 0.717) is 12.8 Å². The van der Waals surface area contributed by atoms with Crippen LogP contribution in [0, 0.1) is 0 Å². The molecular formula is C10H14F8. The maximum Gasteiger partial charge on any atom is 0.377 e. The molecule has 8 heteroatoms. The van der Waals surface area contributed by atoms with Crippen molar-refractivity contribution in [2.24, 2.45) is 0 Å². The largest absolute Gasteiger partial charge is 0.377 e. The first-order chi connectivity index (χ1) is 8.00. The molecule has 110 valence electrons. The average Bonchev–Trinajstić information content (AvgIpc) is 2.23. The molecule has 0 unspecified atom stereocenters. The molecule has 0 nitrogen and oxygen atoms in total. The number of rotatable bonds is 8. The Labute approximate surface area is 99.3 Å². The summed E-state index contributed by atoms with van der Waals surface area (Å²) in [6.07, 6.45) is -5.53. The summed E-state index contributed by atoms with van der Waals surface area (Å²) in [5, 5.41) is 0. The van der Waals surface area contributed by atoms with E-state index < -0.39 is 37.0 Å². The van der Waals surface area contributed by atoms with Crippen molar-refractivity contribution >= 4 is 0 Å². The predicted octanol–water partition coefficient (Wildman–Crippen LogP) is 5.13. The van der Waals surface area contributed by atoms with Crippen molar-refractivity contribution in [2.75, 3.05) is 0 Å². The van der Waals surface area contributed by atoms with Crippen LogP contribution in [0.3, 0.4) is 0 Å². The van der Waals surface area contributed by atoms with Crippen molar-refractivity contribution in [2.45, 2.75) is 63.2 Å². The molecule has 18 heavy (non-hydrogen) atoms. The highest BCUT2D eigenvalue weighted by Gasteiger charge is 2.74. The third-order valence-electron chi connectivity index (χ3n) is 2.50. The molecule has 0 spiro atoms. The third kappa shape index (κ3) is 3.47. The third-order valence-corrected chi connectivity index (χ3v) is 2.50. The molecule has 0 aromatic heterocycles. The van der Waals surface area contributed by atoms with Gasteiger partial charge < -0.3 is 0 Å². The maximum absolute atomic E-state index is 12.9. The number of hydrogen-bond donors (Lipinski definition) is 0. The molecule has 0 saturated heterocycles. The van der Waals surface area contributed by atoms with Crippen LogP contribution in [0.5, 0.6) is 0 Å². The Morgan fingerprint density at radius 2 is 1.33 bits per heavy atom. The van der Waals surface area contributed by atoms with Crippen LogP contribution in [0.2, 0.25) is 0 Å². The van der Waals surface area contributed by atoms with E-state index in [4.69, 9.17) is 0 Å². The molecular weight excluding hydrogens is 272 g/mol. The predicted molar refractivity (Wildman–Crippen MR) is 49.6 cm³/mol. The van der Waals surface area contributed by atoms with Crippen LogP contribution in [-0.4, -0.2) is 24.2 Å². The topological polar surface area (TPSA) is 0 Å². The molecule has 0 saturated carbocycles. The van der Waals surface area contributed by atoms with E-state index in [-0.39, 0.29) is 6.42 Å². The Morgan fingerprint density at radius 1 is 0.833 bits per heavy atom. The monoisotopic (exact) mass is 286 g/mol. The van der Waals surface area contributed by atoms with Gasteiger partial charge in [0.05, 0.1) is 0 Å². The Kier molecular flexibility index (Phi) is 5.87. The minimum Gasteiger partial charge on any atom is -0.203 e. The van der Waals surface area contributed by atoms with Gasteiger partial charge >= 0.3 is 24.2 Å². The molecule has 0 bridgehead atoms. The van der Waals surface area contributed by atoms with E-state index in [2.05, 4.69) is 0 Å². The normalized spacial score (nSPS) is 14.3. The number of hydrogen-bond acceptors (Lipinski definition) is 0. The lowest BCUT2D eigenvalue weighted by Gasteiger charge is -2.32. The van der Waals surface area contributed by atoms with Gasteiger partial charge in [0.1, 0.15) is 0 Å². The number of alkyl halides is 8. The minimum absolute atomic E-state index is 0.155. The van der Waals surface area contributed by atoms with Crippen LogP contribution < -0.4 is 0 Å². The molecule has 0 radical (unpaired) electrons.